The second kappa shape index (κ2) is 7.43. The first-order valence-corrected chi connectivity index (χ1v) is 6.83. The van der Waals surface area contributed by atoms with E-state index in [0.717, 1.165) is 12.5 Å². The molecule has 22 heavy (non-hydrogen) atoms. The molecule has 0 radical (unpaired) electrons. The van der Waals surface area contributed by atoms with Gasteiger partial charge in [0.1, 0.15) is 5.82 Å². The molecule has 0 amide bonds. The molecule has 10 heteroatoms. The topological polar surface area (TPSA) is 99.5 Å². The summed E-state index contributed by atoms with van der Waals surface area (Å²) >= 11 is 3.30. The molecule has 122 valence electrons. The first-order chi connectivity index (χ1) is 10.1. The van der Waals surface area contributed by atoms with Gasteiger partial charge in [-0.25, -0.2) is 14.6 Å². The maximum atomic E-state index is 10.7. The zero-order chi connectivity index (χ0) is 16.9. The molecular formula is C12H12BrF3N2O4. The van der Waals surface area contributed by atoms with Crippen LogP contribution in [0.1, 0.15) is 23.2 Å². The standard InChI is InChI=1S/C10H11BrN2O2.C2HF3O2/c11-8-3-7(10(14)15)5-13-9(8)12-4-6-1-2-6;3-2(4,5)1(6)7/h3,5-6H,1-2,4H2,(H,12,13)(H,14,15);(H,6,7). The summed E-state index contributed by atoms with van der Waals surface area (Å²) < 4.78 is 32.4. The van der Waals surface area contributed by atoms with Crippen LogP contribution in [-0.4, -0.2) is 39.9 Å². The number of pyridine rings is 1. The van der Waals surface area contributed by atoms with Crippen LogP contribution in [0.3, 0.4) is 0 Å². The monoisotopic (exact) mass is 384 g/mol. The molecule has 1 aliphatic rings. The van der Waals surface area contributed by atoms with E-state index in [4.69, 9.17) is 15.0 Å². The lowest BCUT2D eigenvalue weighted by Gasteiger charge is -2.06. The second-order valence-electron chi connectivity index (χ2n) is 4.49. The van der Waals surface area contributed by atoms with Crippen molar-refractivity contribution in [1.82, 2.24) is 4.98 Å². The van der Waals surface area contributed by atoms with Gasteiger partial charge in [0.05, 0.1) is 10.0 Å². The minimum Gasteiger partial charge on any atom is -0.478 e. The van der Waals surface area contributed by atoms with Gasteiger partial charge in [-0.05, 0) is 40.8 Å². The van der Waals surface area contributed by atoms with Crippen molar-refractivity contribution in [2.75, 3.05) is 11.9 Å². The van der Waals surface area contributed by atoms with Gasteiger partial charge in [0.25, 0.3) is 0 Å². The number of rotatable bonds is 4. The van der Waals surface area contributed by atoms with Gasteiger partial charge in [-0.1, -0.05) is 0 Å². The molecule has 0 saturated heterocycles. The molecule has 0 spiro atoms. The number of aromatic nitrogens is 1. The first-order valence-electron chi connectivity index (χ1n) is 6.04. The molecule has 1 heterocycles. The average Bonchev–Trinajstić information content (AvgIpc) is 3.20. The molecule has 0 unspecified atom stereocenters. The van der Waals surface area contributed by atoms with Crippen LogP contribution in [0.25, 0.3) is 0 Å². The fourth-order valence-corrected chi connectivity index (χ4v) is 1.74. The summed E-state index contributed by atoms with van der Waals surface area (Å²) in [6, 6.07) is 1.56. The highest BCUT2D eigenvalue weighted by Gasteiger charge is 2.38. The number of hydrogen-bond acceptors (Lipinski definition) is 4. The van der Waals surface area contributed by atoms with E-state index in [1.54, 1.807) is 6.07 Å². The van der Waals surface area contributed by atoms with E-state index in [9.17, 15) is 18.0 Å². The number of carboxylic acid groups (broad SMARTS) is 2. The van der Waals surface area contributed by atoms with E-state index in [2.05, 4.69) is 26.2 Å². The van der Waals surface area contributed by atoms with E-state index >= 15 is 0 Å². The number of aliphatic carboxylic acids is 1. The van der Waals surface area contributed by atoms with Crippen LogP contribution in [0.2, 0.25) is 0 Å². The van der Waals surface area contributed by atoms with Gasteiger partial charge in [-0.2, -0.15) is 13.2 Å². The summed E-state index contributed by atoms with van der Waals surface area (Å²) in [5, 5.41) is 19.1. The van der Waals surface area contributed by atoms with Crippen molar-refractivity contribution in [2.24, 2.45) is 5.92 Å². The van der Waals surface area contributed by atoms with Gasteiger partial charge < -0.3 is 15.5 Å². The third kappa shape index (κ3) is 6.29. The van der Waals surface area contributed by atoms with Gasteiger partial charge in [0.15, 0.2) is 0 Å². The summed E-state index contributed by atoms with van der Waals surface area (Å²) in [5.74, 6) is -2.24. The van der Waals surface area contributed by atoms with Gasteiger partial charge in [-0.15, -0.1) is 0 Å². The van der Waals surface area contributed by atoms with Crippen molar-refractivity contribution in [3.63, 3.8) is 0 Å². The molecule has 6 nitrogen and oxygen atoms in total. The summed E-state index contributed by atoms with van der Waals surface area (Å²) in [7, 11) is 0. The lowest BCUT2D eigenvalue weighted by Crippen LogP contribution is -2.21. The van der Waals surface area contributed by atoms with Crippen LogP contribution in [0, 0.1) is 5.92 Å². The molecule has 0 bridgehead atoms. The maximum absolute atomic E-state index is 10.7. The second-order valence-corrected chi connectivity index (χ2v) is 5.34. The summed E-state index contributed by atoms with van der Waals surface area (Å²) in [5.41, 5.74) is 0.193. The molecule has 1 fully saturated rings. The predicted molar refractivity (Wildman–Crippen MR) is 73.8 cm³/mol. The maximum Gasteiger partial charge on any atom is 0.490 e. The highest BCUT2D eigenvalue weighted by atomic mass is 79.9. The highest BCUT2D eigenvalue weighted by Crippen LogP contribution is 2.30. The van der Waals surface area contributed by atoms with Crippen molar-refractivity contribution in [2.45, 2.75) is 19.0 Å². The number of carboxylic acids is 2. The summed E-state index contributed by atoms with van der Waals surface area (Å²) in [6.07, 6.45) is -1.17. The Balaban J connectivity index is 0.000000295. The minimum absolute atomic E-state index is 0.193. The molecule has 1 aromatic rings. The van der Waals surface area contributed by atoms with E-state index in [1.165, 1.54) is 19.0 Å². The molecule has 1 aliphatic carbocycles. The molecule has 0 atom stereocenters. The minimum atomic E-state index is -5.08. The fourth-order valence-electron chi connectivity index (χ4n) is 1.25. The fraction of sp³-hybridized carbons (Fsp3) is 0.417. The lowest BCUT2D eigenvalue weighted by atomic mass is 10.3. The lowest BCUT2D eigenvalue weighted by molar-refractivity contribution is -0.192. The Labute approximate surface area is 131 Å². The van der Waals surface area contributed by atoms with Gasteiger partial charge >= 0.3 is 18.1 Å². The van der Waals surface area contributed by atoms with Crippen LogP contribution in [0.4, 0.5) is 19.0 Å². The highest BCUT2D eigenvalue weighted by molar-refractivity contribution is 9.10. The van der Waals surface area contributed by atoms with Crippen LogP contribution in [0.5, 0.6) is 0 Å². The number of nitrogens with zero attached hydrogens (tertiary/aromatic N) is 1. The molecule has 2 rings (SSSR count). The average molecular weight is 385 g/mol. The Morgan fingerprint density at radius 3 is 2.27 bits per heavy atom. The number of hydrogen-bond donors (Lipinski definition) is 3. The van der Waals surface area contributed by atoms with Crippen LogP contribution in [0.15, 0.2) is 16.7 Å². The number of halogens is 4. The van der Waals surface area contributed by atoms with Crippen molar-refractivity contribution >= 4 is 33.7 Å². The zero-order valence-corrected chi connectivity index (χ0v) is 12.6. The molecule has 1 aromatic heterocycles. The van der Waals surface area contributed by atoms with Crippen LogP contribution < -0.4 is 5.32 Å². The largest absolute Gasteiger partial charge is 0.490 e. The molecule has 0 aromatic carbocycles. The number of aromatic carboxylic acids is 1. The molecule has 1 saturated carbocycles. The van der Waals surface area contributed by atoms with Crippen LogP contribution in [-0.2, 0) is 4.79 Å². The van der Waals surface area contributed by atoms with Crippen molar-refractivity contribution in [3.8, 4) is 0 Å². The summed E-state index contributed by atoms with van der Waals surface area (Å²) in [6.45, 7) is 0.915. The number of alkyl halides is 3. The zero-order valence-electron chi connectivity index (χ0n) is 11.0. The van der Waals surface area contributed by atoms with Crippen molar-refractivity contribution < 1.29 is 33.0 Å². The van der Waals surface area contributed by atoms with E-state index in [1.807, 2.05) is 0 Å². The Morgan fingerprint density at radius 2 is 1.91 bits per heavy atom. The number of anilines is 1. The SMILES string of the molecule is O=C(O)C(F)(F)F.O=C(O)c1cnc(NCC2CC2)c(Br)c1. The third-order valence-electron chi connectivity index (χ3n) is 2.59. The molecular weight excluding hydrogens is 373 g/mol. The van der Waals surface area contributed by atoms with Crippen molar-refractivity contribution in [1.29, 1.82) is 0 Å². The Morgan fingerprint density at radius 1 is 1.36 bits per heavy atom. The van der Waals surface area contributed by atoms with Crippen molar-refractivity contribution in [3.05, 3.63) is 22.3 Å². The van der Waals surface area contributed by atoms with Gasteiger partial charge in [0, 0.05) is 12.7 Å². The number of carbonyl (C=O) groups is 2. The number of nitrogens with one attached hydrogen (secondary N) is 1. The van der Waals surface area contributed by atoms with Crippen LogP contribution >= 0.6 is 15.9 Å². The van der Waals surface area contributed by atoms with E-state index in [-0.39, 0.29) is 5.56 Å². The first kappa shape index (κ1) is 18.2. The Bertz CT molecular complexity index is 562. The predicted octanol–water partition coefficient (Wildman–Crippen LogP) is 3.00. The van der Waals surface area contributed by atoms with E-state index < -0.39 is 18.1 Å². The third-order valence-corrected chi connectivity index (χ3v) is 3.19. The molecule has 0 aliphatic heterocycles. The Kier molecular flexibility index (Phi) is 6.15. The van der Waals surface area contributed by atoms with Gasteiger partial charge in [-0.3, -0.25) is 0 Å². The van der Waals surface area contributed by atoms with Gasteiger partial charge in [0.2, 0.25) is 0 Å². The molecule has 3 N–H and O–H groups in total. The quantitative estimate of drug-likeness (QED) is 0.737. The Hall–Kier alpha value is -1.84. The van der Waals surface area contributed by atoms with E-state index in [0.29, 0.717) is 10.3 Å². The normalized spacial score (nSPS) is 13.8. The smallest absolute Gasteiger partial charge is 0.478 e. The summed E-state index contributed by atoms with van der Waals surface area (Å²) in [4.78, 5) is 23.6.